The highest BCUT2D eigenvalue weighted by molar-refractivity contribution is 7.14. The largest absolute Gasteiger partial charge is 0.448 e. The Morgan fingerprint density at radius 1 is 1.30 bits per heavy atom. The number of nitrogens with one attached hydrogen (secondary N) is 3. The van der Waals surface area contributed by atoms with Crippen LogP contribution in [0.5, 0.6) is 0 Å². The first-order chi connectivity index (χ1) is 17.5. The van der Waals surface area contributed by atoms with Gasteiger partial charge in [0, 0.05) is 11.9 Å². The Kier molecular flexibility index (Phi) is 7.47. The first kappa shape index (κ1) is 26.1. The van der Waals surface area contributed by atoms with Crippen LogP contribution in [-0.4, -0.2) is 82.9 Å². The van der Waals surface area contributed by atoms with Crippen molar-refractivity contribution in [3.8, 4) is 0 Å². The summed E-state index contributed by atoms with van der Waals surface area (Å²) in [6.45, 7) is 5.85. The maximum absolute atomic E-state index is 13.1. The second kappa shape index (κ2) is 10.6. The van der Waals surface area contributed by atoms with Crippen LogP contribution >= 0.6 is 11.3 Å². The summed E-state index contributed by atoms with van der Waals surface area (Å²) in [4.78, 5) is 75.6. The van der Waals surface area contributed by atoms with Crippen molar-refractivity contribution < 1.29 is 43.3 Å². The summed E-state index contributed by atoms with van der Waals surface area (Å²) in [6, 6.07) is -1.53. The highest BCUT2D eigenvalue weighted by atomic mass is 32.1. The fraction of sp³-hybridized carbons (Fsp3) is 0.571. The molecule has 1 aromatic heterocycles. The molecule has 2 aliphatic heterocycles. The van der Waals surface area contributed by atoms with Crippen molar-refractivity contribution in [3.05, 3.63) is 11.1 Å². The minimum absolute atomic E-state index is 0.0181. The molecule has 3 fully saturated rings. The molecule has 2 atom stereocenters. The lowest BCUT2D eigenvalue weighted by Crippen LogP contribution is -2.72. The Labute approximate surface area is 214 Å². The molecule has 200 valence electrons. The van der Waals surface area contributed by atoms with Gasteiger partial charge in [-0.05, 0) is 38.8 Å². The van der Waals surface area contributed by atoms with Gasteiger partial charge in [0.2, 0.25) is 5.91 Å². The zero-order chi connectivity index (χ0) is 26.7. The maximum atomic E-state index is 13.1. The van der Waals surface area contributed by atoms with Gasteiger partial charge in [-0.3, -0.25) is 14.9 Å². The molecule has 15 nitrogen and oxygen atoms in total. The standard InChI is InChI=1S/C21H26N6O9S/c1-21(2,3)34-19(31)25-18-23-12(9-37-18)14(26-36-35-17(30)10-4-5-10)16(29)24-13-11(22-15(13)28)8-27-6-7-33-20(27)32/h9-11,13H,4-8H2,1-3H3,(H,22,28)(H,24,29)(H,23,25,31)/b26-14-/t11-,13+/m1/s1. The topological polar surface area (TPSA) is 187 Å². The Morgan fingerprint density at radius 2 is 2.05 bits per heavy atom. The van der Waals surface area contributed by atoms with Crippen LogP contribution < -0.4 is 16.0 Å². The highest BCUT2D eigenvalue weighted by Crippen LogP contribution is 2.30. The monoisotopic (exact) mass is 538 g/mol. The fourth-order valence-corrected chi connectivity index (χ4v) is 3.99. The van der Waals surface area contributed by atoms with Crippen molar-refractivity contribution in [2.45, 2.75) is 51.3 Å². The van der Waals surface area contributed by atoms with Gasteiger partial charge in [0.05, 0.1) is 18.5 Å². The minimum Gasteiger partial charge on any atom is -0.448 e. The molecule has 2 saturated heterocycles. The number of amides is 4. The van der Waals surface area contributed by atoms with E-state index in [2.05, 4.69) is 36.0 Å². The predicted octanol–water partition coefficient (Wildman–Crippen LogP) is 0.514. The molecule has 1 aliphatic carbocycles. The molecule has 0 unspecified atom stereocenters. The van der Waals surface area contributed by atoms with Gasteiger partial charge >= 0.3 is 18.2 Å². The third kappa shape index (κ3) is 6.84. The van der Waals surface area contributed by atoms with Gasteiger partial charge in [-0.25, -0.2) is 24.3 Å². The molecular formula is C21H26N6O9S. The number of hydrogen-bond donors (Lipinski definition) is 3. The van der Waals surface area contributed by atoms with Crippen molar-refractivity contribution >= 4 is 52.2 Å². The van der Waals surface area contributed by atoms with Gasteiger partial charge in [-0.2, -0.15) is 4.99 Å². The van der Waals surface area contributed by atoms with Gasteiger partial charge in [-0.15, -0.1) is 11.3 Å². The molecule has 1 saturated carbocycles. The van der Waals surface area contributed by atoms with Crippen molar-refractivity contribution in [2.75, 3.05) is 25.0 Å². The van der Waals surface area contributed by atoms with Crippen LogP contribution in [0.2, 0.25) is 0 Å². The van der Waals surface area contributed by atoms with Crippen molar-refractivity contribution in [1.29, 1.82) is 0 Å². The zero-order valence-corrected chi connectivity index (χ0v) is 21.1. The number of nitrogens with zero attached hydrogens (tertiary/aromatic N) is 3. The summed E-state index contributed by atoms with van der Waals surface area (Å²) in [7, 11) is 0. The average Bonchev–Trinajstić information content (AvgIpc) is 3.45. The Morgan fingerprint density at radius 3 is 2.68 bits per heavy atom. The van der Waals surface area contributed by atoms with Gasteiger partial charge in [-0.1, -0.05) is 0 Å². The van der Waals surface area contributed by atoms with E-state index in [1.165, 1.54) is 10.3 Å². The van der Waals surface area contributed by atoms with E-state index in [1.807, 2.05) is 0 Å². The lowest BCUT2D eigenvalue weighted by atomic mass is 9.98. The van der Waals surface area contributed by atoms with Gasteiger partial charge < -0.3 is 25.0 Å². The number of hydrogen-bond acceptors (Lipinski definition) is 12. The minimum atomic E-state index is -0.974. The predicted molar refractivity (Wildman–Crippen MR) is 125 cm³/mol. The number of anilines is 1. The first-order valence-corrected chi connectivity index (χ1v) is 12.3. The molecule has 0 aromatic carbocycles. The third-order valence-electron chi connectivity index (χ3n) is 5.29. The molecule has 3 aliphatic rings. The molecule has 3 heterocycles. The summed E-state index contributed by atoms with van der Waals surface area (Å²) >= 11 is 0.981. The average molecular weight is 539 g/mol. The van der Waals surface area contributed by atoms with Crippen molar-refractivity contribution in [2.24, 2.45) is 11.1 Å². The molecule has 0 bridgehead atoms. The number of rotatable bonds is 9. The molecule has 0 spiro atoms. The van der Waals surface area contributed by atoms with E-state index in [4.69, 9.17) is 9.47 Å². The summed E-state index contributed by atoms with van der Waals surface area (Å²) < 4.78 is 10.1. The van der Waals surface area contributed by atoms with E-state index in [1.54, 1.807) is 20.8 Å². The number of cyclic esters (lactones) is 1. The summed E-state index contributed by atoms with van der Waals surface area (Å²) in [5.74, 6) is -2.21. The van der Waals surface area contributed by atoms with Crippen LogP contribution in [0.1, 0.15) is 39.3 Å². The van der Waals surface area contributed by atoms with Crippen LogP contribution in [0.3, 0.4) is 0 Å². The van der Waals surface area contributed by atoms with E-state index in [0.29, 0.717) is 19.4 Å². The number of oxime groups is 1. The first-order valence-electron chi connectivity index (χ1n) is 11.4. The molecule has 37 heavy (non-hydrogen) atoms. The quantitative estimate of drug-likeness (QED) is 0.173. The maximum Gasteiger partial charge on any atom is 0.413 e. The zero-order valence-electron chi connectivity index (χ0n) is 20.3. The van der Waals surface area contributed by atoms with Crippen LogP contribution in [0.4, 0.5) is 14.7 Å². The second-order valence-electron chi connectivity index (χ2n) is 9.48. The fourth-order valence-electron chi connectivity index (χ4n) is 3.31. The lowest BCUT2D eigenvalue weighted by molar-refractivity contribution is -0.274. The summed E-state index contributed by atoms with van der Waals surface area (Å²) in [5, 5.41) is 12.7. The number of carbonyl (C=O) groups is 5. The number of aromatic nitrogens is 1. The molecule has 4 rings (SSSR count). The normalized spacial score (nSPS) is 21.4. The number of thiazole rings is 1. The molecular weight excluding hydrogens is 512 g/mol. The Bertz CT molecular complexity index is 1130. The number of β-lactam (4-membered cyclic amide) rings is 1. The van der Waals surface area contributed by atoms with Gasteiger partial charge in [0.25, 0.3) is 5.91 Å². The van der Waals surface area contributed by atoms with E-state index in [-0.39, 0.29) is 29.9 Å². The number of carbonyl (C=O) groups excluding carboxylic acids is 5. The number of ether oxygens (including phenoxy) is 2. The van der Waals surface area contributed by atoms with E-state index >= 15 is 0 Å². The molecule has 1 aromatic rings. The van der Waals surface area contributed by atoms with Crippen molar-refractivity contribution in [3.63, 3.8) is 0 Å². The van der Waals surface area contributed by atoms with Crippen LogP contribution in [0.25, 0.3) is 0 Å². The van der Waals surface area contributed by atoms with Crippen LogP contribution in [-0.2, 0) is 33.7 Å². The van der Waals surface area contributed by atoms with Gasteiger partial charge in [0.15, 0.2) is 10.8 Å². The Balaban J connectivity index is 1.44. The second-order valence-corrected chi connectivity index (χ2v) is 10.3. The summed E-state index contributed by atoms with van der Waals surface area (Å²) in [5.41, 5.74) is -1.16. The molecule has 0 radical (unpaired) electrons. The lowest BCUT2D eigenvalue weighted by Gasteiger charge is -2.38. The summed E-state index contributed by atoms with van der Waals surface area (Å²) in [6.07, 6.45) is 0.0916. The van der Waals surface area contributed by atoms with E-state index in [9.17, 15) is 24.0 Å². The Hall–Kier alpha value is -3.95. The van der Waals surface area contributed by atoms with Crippen molar-refractivity contribution in [1.82, 2.24) is 20.5 Å². The molecule has 3 N–H and O–H groups in total. The highest BCUT2D eigenvalue weighted by Gasteiger charge is 2.43. The molecule has 16 heteroatoms. The molecule has 4 amide bonds. The smallest absolute Gasteiger partial charge is 0.413 e. The van der Waals surface area contributed by atoms with E-state index < -0.39 is 53.4 Å². The third-order valence-corrected chi connectivity index (χ3v) is 6.05. The van der Waals surface area contributed by atoms with Crippen LogP contribution in [0.15, 0.2) is 10.5 Å². The van der Waals surface area contributed by atoms with E-state index in [0.717, 1.165) is 11.3 Å². The van der Waals surface area contributed by atoms with Gasteiger partial charge in [0.1, 0.15) is 23.9 Å². The SMILES string of the molecule is CC(C)(C)OC(=O)Nc1nc(/C(=N/OOC(=O)C2CC2)C(=O)N[C@@H]2C(=O)N[C@@H]2CN2CCOC2=O)cs1. The van der Waals surface area contributed by atoms with Crippen LogP contribution in [0, 0.1) is 5.92 Å².